The highest BCUT2D eigenvalue weighted by molar-refractivity contribution is 6.12. The number of carbonyl (C=O) groups excluding carboxylic acids is 1. The molecule has 0 unspecified atom stereocenters. The maximum Gasteiger partial charge on any atom is 0.247 e. The van der Waals surface area contributed by atoms with Crippen LogP contribution in [0, 0.1) is 0 Å². The molecule has 80 valence electrons. The van der Waals surface area contributed by atoms with E-state index in [1.54, 1.807) is 12.1 Å². The Hall–Kier alpha value is -2.30. The van der Waals surface area contributed by atoms with Gasteiger partial charge in [0.15, 0.2) is 5.75 Å². The average Bonchev–Trinajstić information content (AvgIpc) is 2.75. The molecule has 1 aromatic carbocycles. The summed E-state index contributed by atoms with van der Waals surface area (Å²) in [7, 11) is 0. The minimum Gasteiger partial charge on any atom is -0.309 e. The lowest BCUT2D eigenvalue weighted by molar-refractivity contribution is -0.151. The number of nitrogens with zero attached hydrogens (tertiary/aromatic N) is 1. The molecule has 0 aromatic heterocycles. The lowest BCUT2D eigenvalue weighted by atomic mass is 10.1. The van der Waals surface area contributed by atoms with E-state index in [2.05, 4.69) is 10.3 Å². The van der Waals surface area contributed by atoms with Crippen molar-refractivity contribution >= 4 is 17.8 Å². The molecule has 1 aromatic rings. The summed E-state index contributed by atoms with van der Waals surface area (Å²) in [6, 6.07) is 5.49. The molecule has 0 saturated heterocycles. The number of aliphatic imine (C=N–C) groups is 1. The van der Waals surface area contributed by atoms with Crippen LogP contribution >= 0.6 is 0 Å². The van der Waals surface area contributed by atoms with Gasteiger partial charge in [0.05, 0.1) is 0 Å². The van der Waals surface area contributed by atoms with Crippen LogP contribution in [0.15, 0.2) is 29.5 Å². The number of amides is 1. The van der Waals surface area contributed by atoms with Gasteiger partial charge >= 0.3 is 0 Å². The topological polar surface area (TPSA) is 59.9 Å². The molecule has 2 aliphatic rings. The van der Waals surface area contributed by atoms with Crippen LogP contribution in [-0.4, -0.2) is 18.3 Å². The van der Waals surface area contributed by atoms with Crippen LogP contribution in [-0.2, 0) is 9.68 Å². The molecule has 2 heterocycles. The van der Waals surface area contributed by atoms with Gasteiger partial charge in [-0.2, -0.15) is 0 Å². The fourth-order valence-corrected chi connectivity index (χ4v) is 1.61. The Morgan fingerprint density at radius 3 is 3.12 bits per heavy atom. The van der Waals surface area contributed by atoms with Crippen LogP contribution in [0.4, 0.5) is 0 Å². The lowest BCUT2D eigenvalue weighted by Crippen LogP contribution is -2.25. The zero-order valence-electron chi connectivity index (χ0n) is 8.27. The molecule has 5 heteroatoms. The van der Waals surface area contributed by atoms with E-state index in [1.807, 2.05) is 12.1 Å². The van der Waals surface area contributed by atoms with Crippen LogP contribution in [0.2, 0.25) is 0 Å². The largest absolute Gasteiger partial charge is 0.309 e. The Labute approximate surface area is 91.3 Å². The first-order valence-electron chi connectivity index (χ1n) is 4.81. The summed E-state index contributed by atoms with van der Waals surface area (Å²) in [5.74, 6) is 1.17. The van der Waals surface area contributed by atoms with Crippen molar-refractivity contribution in [2.75, 3.05) is 6.54 Å². The second-order valence-electron chi connectivity index (χ2n) is 3.45. The highest BCUT2D eigenvalue weighted by Crippen LogP contribution is 2.25. The molecule has 1 N–H and O–H groups in total. The zero-order chi connectivity index (χ0) is 11.0. The number of hydrogen-bond acceptors (Lipinski definition) is 4. The van der Waals surface area contributed by atoms with Gasteiger partial charge in [-0.3, -0.25) is 19.6 Å². The Balaban J connectivity index is 1.98. The molecule has 3 rings (SSSR count). The van der Waals surface area contributed by atoms with Crippen LogP contribution in [0.1, 0.15) is 11.1 Å². The van der Waals surface area contributed by atoms with Gasteiger partial charge in [-0.25, -0.2) is 0 Å². The second-order valence-corrected chi connectivity index (χ2v) is 3.45. The van der Waals surface area contributed by atoms with Crippen LogP contribution in [0.5, 0.6) is 5.75 Å². The minimum absolute atomic E-state index is 0.0807. The molecule has 1 amide bonds. The van der Waals surface area contributed by atoms with E-state index in [0.29, 0.717) is 11.6 Å². The van der Waals surface area contributed by atoms with Gasteiger partial charge in [-0.15, -0.1) is 0 Å². The van der Waals surface area contributed by atoms with E-state index in [-0.39, 0.29) is 12.5 Å². The van der Waals surface area contributed by atoms with Gasteiger partial charge < -0.3 is 5.32 Å². The molecule has 5 nitrogen and oxygen atoms in total. The van der Waals surface area contributed by atoms with Crippen molar-refractivity contribution in [3.8, 4) is 5.75 Å². The van der Waals surface area contributed by atoms with E-state index in [4.69, 9.17) is 9.78 Å². The van der Waals surface area contributed by atoms with Crippen LogP contribution in [0.3, 0.4) is 0 Å². The molecule has 0 spiro atoms. The summed E-state index contributed by atoms with van der Waals surface area (Å²) in [6.07, 6.45) is 3.25. The summed E-state index contributed by atoms with van der Waals surface area (Å²) < 4.78 is 0. The molecular formula is C11H8N2O3. The third kappa shape index (κ3) is 1.42. The number of fused-ring (bicyclic) bond motifs is 1. The van der Waals surface area contributed by atoms with E-state index >= 15 is 0 Å². The standard InChI is InChI=1S/C11H8N2O3/c14-10-6-12-11(13-10)8-1-2-9-7(5-8)3-4-15-16-9/h1-5H,6H2,(H,12,13,14). The maximum atomic E-state index is 11.0. The highest BCUT2D eigenvalue weighted by Gasteiger charge is 2.16. The fraction of sp³-hybridized carbons (Fsp3) is 0.0909. The first-order chi connectivity index (χ1) is 7.83. The smallest absolute Gasteiger partial charge is 0.247 e. The van der Waals surface area contributed by atoms with Crippen molar-refractivity contribution in [2.24, 2.45) is 4.99 Å². The predicted octanol–water partition coefficient (Wildman–Crippen LogP) is 0.858. The molecule has 0 atom stereocenters. The normalized spacial score (nSPS) is 17.0. The highest BCUT2D eigenvalue weighted by atomic mass is 17.2. The van der Waals surface area contributed by atoms with Crippen LogP contribution < -0.4 is 10.2 Å². The van der Waals surface area contributed by atoms with Gasteiger partial charge in [0.2, 0.25) is 5.91 Å². The molecule has 0 aliphatic carbocycles. The maximum absolute atomic E-state index is 11.0. The molecule has 16 heavy (non-hydrogen) atoms. The lowest BCUT2D eigenvalue weighted by Gasteiger charge is -2.11. The van der Waals surface area contributed by atoms with Gasteiger partial charge in [-0.05, 0) is 24.3 Å². The number of nitrogens with one attached hydrogen (secondary N) is 1. The van der Waals surface area contributed by atoms with Gasteiger partial charge in [0.25, 0.3) is 0 Å². The molecule has 0 saturated carbocycles. The van der Waals surface area contributed by atoms with Crippen molar-refractivity contribution < 1.29 is 14.6 Å². The monoisotopic (exact) mass is 216 g/mol. The first kappa shape index (κ1) is 8.96. The third-order valence-corrected chi connectivity index (χ3v) is 2.36. The predicted molar refractivity (Wildman–Crippen MR) is 56.7 cm³/mol. The molecule has 2 aliphatic heterocycles. The Morgan fingerprint density at radius 1 is 1.38 bits per heavy atom. The second kappa shape index (κ2) is 3.37. The zero-order valence-corrected chi connectivity index (χ0v) is 8.27. The summed E-state index contributed by atoms with van der Waals surface area (Å²) in [6.45, 7) is 0.196. The Morgan fingerprint density at radius 2 is 2.31 bits per heavy atom. The summed E-state index contributed by atoms with van der Waals surface area (Å²) in [4.78, 5) is 24.8. The van der Waals surface area contributed by atoms with Gasteiger partial charge in [0, 0.05) is 11.1 Å². The van der Waals surface area contributed by atoms with Crippen molar-refractivity contribution in [3.05, 3.63) is 35.6 Å². The molecule has 0 fully saturated rings. The van der Waals surface area contributed by atoms with E-state index < -0.39 is 0 Å². The van der Waals surface area contributed by atoms with Crippen molar-refractivity contribution in [1.82, 2.24) is 5.32 Å². The minimum atomic E-state index is -0.0807. The summed E-state index contributed by atoms with van der Waals surface area (Å²) in [5.41, 5.74) is 1.76. The van der Waals surface area contributed by atoms with E-state index in [1.165, 1.54) is 6.26 Å². The quantitative estimate of drug-likeness (QED) is 0.708. The first-order valence-corrected chi connectivity index (χ1v) is 4.81. The van der Waals surface area contributed by atoms with E-state index in [0.717, 1.165) is 11.1 Å². The Kier molecular flexibility index (Phi) is 1.89. The number of carbonyl (C=O) groups is 1. The summed E-state index contributed by atoms with van der Waals surface area (Å²) >= 11 is 0. The molecular weight excluding hydrogens is 208 g/mol. The van der Waals surface area contributed by atoms with Gasteiger partial charge in [0.1, 0.15) is 18.6 Å². The average molecular weight is 216 g/mol. The molecule has 0 bridgehead atoms. The van der Waals surface area contributed by atoms with Gasteiger partial charge in [-0.1, -0.05) is 0 Å². The van der Waals surface area contributed by atoms with Crippen molar-refractivity contribution in [3.63, 3.8) is 0 Å². The number of rotatable bonds is 1. The Bertz CT molecular complexity index is 520. The van der Waals surface area contributed by atoms with Crippen molar-refractivity contribution in [1.29, 1.82) is 0 Å². The molecule has 0 radical (unpaired) electrons. The number of amidine groups is 1. The third-order valence-electron chi connectivity index (χ3n) is 2.36. The SMILES string of the molecule is O=C1CN=C(c2ccc3c(c2)C=COO3)N1. The fourth-order valence-electron chi connectivity index (χ4n) is 1.61. The van der Waals surface area contributed by atoms with Crippen molar-refractivity contribution in [2.45, 2.75) is 0 Å². The summed E-state index contributed by atoms with van der Waals surface area (Å²) in [5, 5.41) is 2.69. The number of hydrogen-bond donors (Lipinski definition) is 1. The number of benzene rings is 1. The van der Waals surface area contributed by atoms with Crippen LogP contribution in [0.25, 0.3) is 6.08 Å². The van der Waals surface area contributed by atoms with E-state index in [9.17, 15) is 4.79 Å².